The normalized spacial score (nSPS) is 11.4. The van der Waals surface area contributed by atoms with Gasteiger partial charge in [0.15, 0.2) is 5.65 Å². The van der Waals surface area contributed by atoms with E-state index < -0.39 is 0 Å². The Morgan fingerprint density at radius 2 is 2.15 bits per heavy atom. The van der Waals surface area contributed by atoms with E-state index in [-0.39, 0.29) is 0 Å². The Morgan fingerprint density at radius 3 is 2.85 bits per heavy atom. The van der Waals surface area contributed by atoms with Crippen LogP contribution in [-0.4, -0.2) is 14.6 Å². The minimum absolute atomic E-state index is 0.472. The Kier molecular flexibility index (Phi) is 1.79. The maximum Gasteiger partial charge on any atom is 0.155 e. The molecule has 0 aromatic carbocycles. The predicted molar refractivity (Wildman–Crippen MR) is 51.8 cm³/mol. The lowest BCUT2D eigenvalue weighted by Gasteiger charge is -2.02. The Balaban J connectivity index is 2.61. The molecular formula is C10H13N3. The average molecular weight is 175 g/mol. The molecule has 0 saturated heterocycles. The van der Waals surface area contributed by atoms with E-state index in [0.717, 1.165) is 17.0 Å². The summed E-state index contributed by atoms with van der Waals surface area (Å²) in [5.74, 6) is 0.472. The van der Waals surface area contributed by atoms with Crippen molar-refractivity contribution in [2.45, 2.75) is 26.7 Å². The molecule has 0 amide bonds. The number of hydrogen-bond donors (Lipinski definition) is 0. The van der Waals surface area contributed by atoms with Gasteiger partial charge in [0.05, 0.1) is 5.69 Å². The van der Waals surface area contributed by atoms with Gasteiger partial charge in [-0.05, 0) is 18.9 Å². The van der Waals surface area contributed by atoms with Gasteiger partial charge < -0.3 is 0 Å². The van der Waals surface area contributed by atoms with Crippen molar-refractivity contribution < 1.29 is 0 Å². The van der Waals surface area contributed by atoms with E-state index in [2.05, 4.69) is 23.9 Å². The lowest BCUT2D eigenvalue weighted by molar-refractivity contribution is 0.807. The van der Waals surface area contributed by atoms with Crippen LogP contribution in [0.3, 0.4) is 0 Å². The number of aromatic nitrogens is 3. The number of rotatable bonds is 1. The molecule has 13 heavy (non-hydrogen) atoms. The van der Waals surface area contributed by atoms with Gasteiger partial charge in [0.25, 0.3) is 0 Å². The number of hydrogen-bond acceptors (Lipinski definition) is 2. The molecule has 0 saturated carbocycles. The van der Waals surface area contributed by atoms with Gasteiger partial charge in [-0.2, -0.15) is 5.10 Å². The first kappa shape index (κ1) is 8.23. The van der Waals surface area contributed by atoms with Crippen LogP contribution in [0.15, 0.2) is 18.3 Å². The van der Waals surface area contributed by atoms with Crippen LogP contribution < -0.4 is 0 Å². The van der Waals surface area contributed by atoms with Crippen LogP contribution >= 0.6 is 0 Å². The average Bonchev–Trinajstić information content (AvgIpc) is 2.42. The molecule has 3 heteroatoms. The van der Waals surface area contributed by atoms with Crippen LogP contribution in [0.4, 0.5) is 0 Å². The molecule has 2 aromatic rings. The summed E-state index contributed by atoms with van der Waals surface area (Å²) in [5, 5.41) is 4.27. The van der Waals surface area contributed by atoms with Crippen molar-refractivity contribution in [3.8, 4) is 0 Å². The summed E-state index contributed by atoms with van der Waals surface area (Å²) in [6.45, 7) is 6.26. The van der Waals surface area contributed by atoms with Gasteiger partial charge in [-0.1, -0.05) is 13.8 Å². The molecule has 0 unspecified atom stereocenters. The largest absolute Gasteiger partial charge is 0.233 e. The Labute approximate surface area is 77.4 Å². The number of fused-ring (bicyclic) bond motifs is 1. The highest BCUT2D eigenvalue weighted by atomic mass is 15.2. The van der Waals surface area contributed by atoms with E-state index in [1.165, 1.54) is 0 Å². The molecule has 0 N–H and O–H groups in total. The van der Waals surface area contributed by atoms with Gasteiger partial charge in [0.2, 0.25) is 0 Å². The fourth-order valence-electron chi connectivity index (χ4n) is 1.33. The molecular weight excluding hydrogens is 162 g/mol. The van der Waals surface area contributed by atoms with Gasteiger partial charge in [-0.15, -0.1) is 0 Å². The third kappa shape index (κ3) is 1.41. The minimum Gasteiger partial charge on any atom is -0.233 e. The van der Waals surface area contributed by atoms with Crippen molar-refractivity contribution >= 4 is 5.65 Å². The van der Waals surface area contributed by atoms with Crippen molar-refractivity contribution in [3.63, 3.8) is 0 Å². The van der Waals surface area contributed by atoms with Crippen LogP contribution in [-0.2, 0) is 0 Å². The van der Waals surface area contributed by atoms with E-state index >= 15 is 0 Å². The quantitative estimate of drug-likeness (QED) is 0.664. The first-order valence-corrected chi connectivity index (χ1v) is 4.50. The molecule has 0 atom stereocenters. The van der Waals surface area contributed by atoms with Gasteiger partial charge in [-0.25, -0.2) is 9.50 Å². The minimum atomic E-state index is 0.472. The maximum absolute atomic E-state index is 4.50. The van der Waals surface area contributed by atoms with Gasteiger partial charge in [-0.3, -0.25) is 0 Å². The summed E-state index contributed by atoms with van der Waals surface area (Å²) >= 11 is 0. The van der Waals surface area contributed by atoms with Crippen LogP contribution in [0.2, 0.25) is 0 Å². The van der Waals surface area contributed by atoms with Crippen LogP contribution in [0.25, 0.3) is 5.65 Å². The fraction of sp³-hybridized carbons (Fsp3) is 0.400. The molecule has 3 nitrogen and oxygen atoms in total. The Morgan fingerprint density at radius 1 is 1.38 bits per heavy atom. The second kappa shape index (κ2) is 2.83. The lowest BCUT2D eigenvalue weighted by Crippen LogP contribution is -1.96. The molecule has 2 rings (SSSR count). The summed E-state index contributed by atoms with van der Waals surface area (Å²) in [7, 11) is 0. The van der Waals surface area contributed by atoms with Crippen molar-refractivity contribution in [3.05, 3.63) is 29.7 Å². The topological polar surface area (TPSA) is 30.2 Å². The zero-order valence-electron chi connectivity index (χ0n) is 8.15. The highest BCUT2D eigenvalue weighted by molar-refractivity contribution is 5.39. The highest BCUT2D eigenvalue weighted by Crippen LogP contribution is 2.12. The van der Waals surface area contributed by atoms with E-state index in [0.29, 0.717) is 5.92 Å². The molecule has 0 aliphatic carbocycles. The molecule has 0 bridgehead atoms. The number of nitrogens with zero attached hydrogens (tertiary/aromatic N) is 3. The first-order valence-electron chi connectivity index (χ1n) is 4.50. The van der Waals surface area contributed by atoms with Crippen molar-refractivity contribution in [1.82, 2.24) is 14.6 Å². The van der Waals surface area contributed by atoms with Gasteiger partial charge in [0.1, 0.15) is 0 Å². The third-order valence-electron chi connectivity index (χ3n) is 2.06. The summed E-state index contributed by atoms with van der Waals surface area (Å²) in [5.41, 5.74) is 3.06. The van der Waals surface area contributed by atoms with Crippen LogP contribution in [0.1, 0.15) is 31.2 Å². The Bertz CT molecular complexity index is 429. The van der Waals surface area contributed by atoms with E-state index in [9.17, 15) is 0 Å². The highest BCUT2D eigenvalue weighted by Gasteiger charge is 2.03. The summed E-state index contributed by atoms with van der Waals surface area (Å²) in [6, 6.07) is 4.01. The molecule has 0 aliphatic rings. The molecule has 0 aliphatic heterocycles. The van der Waals surface area contributed by atoms with Crippen molar-refractivity contribution in [2.24, 2.45) is 0 Å². The van der Waals surface area contributed by atoms with E-state index in [1.54, 1.807) is 4.52 Å². The third-order valence-corrected chi connectivity index (χ3v) is 2.06. The lowest BCUT2D eigenvalue weighted by atomic mass is 10.1. The maximum atomic E-state index is 4.50. The molecule has 2 aromatic heterocycles. The molecule has 0 radical (unpaired) electrons. The van der Waals surface area contributed by atoms with Gasteiger partial charge >= 0.3 is 0 Å². The number of aryl methyl sites for hydroxylation is 1. The van der Waals surface area contributed by atoms with Crippen molar-refractivity contribution in [1.29, 1.82) is 0 Å². The SMILES string of the molecule is Cc1cc2nc(C(C)C)ccn2n1. The van der Waals surface area contributed by atoms with Crippen LogP contribution in [0.5, 0.6) is 0 Å². The molecule has 0 spiro atoms. The monoisotopic (exact) mass is 175 g/mol. The first-order chi connectivity index (χ1) is 6.16. The standard InChI is InChI=1S/C10H13N3/c1-7(2)9-4-5-13-10(11-9)6-8(3)12-13/h4-7H,1-3H3. The summed E-state index contributed by atoms with van der Waals surface area (Å²) in [4.78, 5) is 4.50. The molecule has 68 valence electrons. The van der Waals surface area contributed by atoms with Gasteiger partial charge in [0, 0.05) is 18.0 Å². The zero-order valence-corrected chi connectivity index (χ0v) is 8.15. The predicted octanol–water partition coefficient (Wildman–Crippen LogP) is 2.16. The Hall–Kier alpha value is -1.38. The summed E-state index contributed by atoms with van der Waals surface area (Å²) < 4.78 is 1.81. The van der Waals surface area contributed by atoms with E-state index in [4.69, 9.17) is 0 Å². The van der Waals surface area contributed by atoms with E-state index in [1.807, 2.05) is 25.3 Å². The second-order valence-corrected chi connectivity index (χ2v) is 3.60. The van der Waals surface area contributed by atoms with Crippen molar-refractivity contribution in [2.75, 3.05) is 0 Å². The second-order valence-electron chi connectivity index (χ2n) is 3.60. The smallest absolute Gasteiger partial charge is 0.155 e. The van der Waals surface area contributed by atoms with Crippen LogP contribution in [0, 0.1) is 6.92 Å². The molecule has 0 fully saturated rings. The zero-order chi connectivity index (χ0) is 9.42. The molecule has 2 heterocycles. The fourth-order valence-corrected chi connectivity index (χ4v) is 1.33. The summed E-state index contributed by atoms with van der Waals surface area (Å²) in [6.07, 6.45) is 1.96.